The number of hydrogen-bond acceptors (Lipinski definition) is 3. The molecule has 2 aromatic heterocycles. The van der Waals surface area contributed by atoms with Gasteiger partial charge in [-0.15, -0.1) is 0 Å². The second kappa shape index (κ2) is 4.94. The first kappa shape index (κ1) is 12.6. The van der Waals surface area contributed by atoms with E-state index in [9.17, 15) is 0 Å². The van der Waals surface area contributed by atoms with Crippen LogP contribution in [0.2, 0.25) is 0 Å². The van der Waals surface area contributed by atoms with Gasteiger partial charge >= 0.3 is 0 Å². The van der Waals surface area contributed by atoms with Crippen LogP contribution in [0.3, 0.4) is 0 Å². The zero-order valence-corrected chi connectivity index (χ0v) is 11.8. The van der Waals surface area contributed by atoms with Crippen molar-refractivity contribution in [3.8, 4) is 0 Å². The van der Waals surface area contributed by atoms with Crippen molar-refractivity contribution in [3.63, 3.8) is 0 Å². The Kier molecular flexibility index (Phi) is 3.29. The average molecular weight is 258 g/mol. The molecule has 0 atom stereocenters. The standard InChI is InChI=1S/C15H22N4/c1-18(2)15(7-5-8-15)12-16-10-13-11-17-19-9-4-3-6-14(13)19/h3-4,6,9,11,16H,5,7-8,10,12H2,1-2H3. The Balaban J connectivity index is 1.63. The van der Waals surface area contributed by atoms with Crippen molar-refractivity contribution >= 4 is 5.52 Å². The highest BCUT2D eigenvalue weighted by Crippen LogP contribution is 2.35. The van der Waals surface area contributed by atoms with E-state index in [0.29, 0.717) is 5.54 Å². The smallest absolute Gasteiger partial charge is 0.0706 e. The molecular weight excluding hydrogens is 236 g/mol. The van der Waals surface area contributed by atoms with Crippen molar-refractivity contribution in [1.82, 2.24) is 19.8 Å². The van der Waals surface area contributed by atoms with Gasteiger partial charge in [-0.25, -0.2) is 4.52 Å². The first-order valence-electron chi connectivity index (χ1n) is 7.01. The molecule has 0 saturated heterocycles. The molecule has 0 radical (unpaired) electrons. The second-order valence-electron chi connectivity index (χ2n) is 5.78. The molecule has 1 saturated carbocycles. The average Bonchev–Trinajstić information content (AvgIpc) is 2.75. The molecule has 1 N–H and O–H groups in total. The molecule has 0 aliphatic heterocycles. The predicted octanol–water partition coefficient (Wildman–Crippen LogP) is 1.91. The third kappa shape index (κ3) is 2.26. The van der Waals surface area contributed by atoms with Gasteiger partial charge in [0.15, 0.2) is 0 Å². The number of nitrogens with one attached hydrogen (secondary N) is 1. The molecule has 4 nitrogen and oxygen atoms in total. The van der Waals surface area contributed by atoms with Crippen LogP contribution < -0.4 is 5.32 Å². The first-order valence-corrected chi connectivity index (χ1v) is 7.01. The lowest BCUT2D eigenvalue weighted by molar-refractivity contribution is 0.0598. The molecule has 0 unspecified atom stereocenters. The summed E-state index contributed by atoms with van der Waals surface area (Å²) in [5.74, 6) is 0. The summed E-state index contributed by atoms with van der Waals surface area (Å²) in [6.45, 7) is 1.95. The molecule has 2 aromatic rings. The molecule has 1 aliphatic rings. The molecule has 3 rings (SSSR count). The van der Waals surface area contributed by atoms with Gasteiger partial charge in [-0.2, -0.15) is 5.10 Å². The highest BCUT2D eigenvalue weighted by Gasteiger charge is 2.38. The molecule has 0 bridgehead atoms. The van der Waals surface area contributed by atoms with E-state index in [1.54, 1.807) is 0 Å². The van der Waals surface area contributed by atoms with E-state index < -0.39 is 0 Å². The van der Waals surface area contributed by atoms with Crippen LogP contribution in [0.25, 0.3) is 5.52 Å². The van der Waals surface area contributed by atoms with Crippen LogP contribution in [0.5, 0.6) is 0 Å². The minimum atomic E-state index is 0.378. The first-order chi connectivity index (χ1) is 9.21. The van der Waals surface area contributed by atoms with Crippen LogP contribution in [0.1, 0.15) is 24.8 Å². The highest BCUT2D eigenvalue weighted by atomic mass is 15.2. The van der Waals surface area contributed by atoms with Crippen molar-refractivity contribution in [2.75, 3.05) is 20.6 Å². The fourth-order valence-corrected chi connectivity index (χ4v) is 2.92. The topological polar surface area (TPSA) is 32.6 Å². The summed E-state index contributed by atoms with van der Waals surface area (Å²) in [6, 6.07) is 6.19. The Hall–Kier alpha value is -1.39. The van der Waals surface area contributed by atoms with Crippen molar-refractivity contribution in [3.05, 3.63) is 36.2 Å². The normalized spacial score (nSPS) is 17.8. The molecule has 4 heteroatoms. The second-order valence-corrected chi connectivity index (χ2v) is 5.78. The number of fused-ring (bicyclic) bond motifs is 1. The van der Waals surface area contributed by atoms with Crippen molar-refractivity contribution in [2.24, 2.45) is 0 Å². The molecule has 0 spiro atoms. The van der Waals surface area contributed by atoms with E-state index in [0.717, 1.165) is 13.1 Å². The summed E-state index contributed by atoms with van der Waals surface area (Å²) in [5.41, 5.74) is 2.85. The fraction of sp³-hybridized carbons (Fsp3) is 0.533. The largest absolute Gasteiger partial charge is 0.311 e. The van der Waals surface area contributed by atoms with Crippen LogP contribution in [0, 0.1) is 0 Å². The number of rotatable bonds is 5. The molecule has 0 aromatic carbocycles. The summed E-state index contributed by atoms with van der Waals surface area (Å²) in [5, 5.41) is 7.98. The van der Waals surface area contributed by atoms with E-state index in [2.05, 4.69) is 41.5 Å². The van der Waals surface area contributed by atoms with E-state index in [4.69, 9.17) is 0 Å². The van der Waals surface area contributed by atoms with Gasteiger partial charge in [0.2, 0.25) is 0 Å². The SMILES string of the molecule is CN(C)C1(CNCc2cnn3ccccc23)CCC1. The monoisotopic (exact) mass is 258 g/mol. The lowest BCUT2D eigenvalue weighted by Crippen LogP contribution is -2.56. The summed E-state index contributed by atoms with van der Waals surface area (Å²) in [7, 11) is 4.38. The quantitative estimate of drug-likeness (QED) is 0.889. The maximum atomic E-state index is 4.37. The van der Waals surface area contributed by atoms with Crippen molar-refractivity contribution in [1.29, 1.82) is 0 Å². The Labute approximate surface area is 114 Å². The minimum absolute atomic E-state index is 0.378. The third-order valence-corrected chi connectivity index (χ3v) is 4.51. The molecule has 0 amide bonds. The van der Waals surface area contributed by atoms with Gasteiger partial charge in [-0.05, 0) is 45.5 Å². The maximum absolute atomic E-state index is 4.37. The molecule has 102 valence electrons. The summed E-state index contributed by atoms with van der Waals surface area (Å²) >= 11 is 0. The lowest BCUT2D eigenvalue weighted by atomic mass is 9.75. The highest BCUT2D eigenvalue weighted by molar-refractivity contribution is 5.53. The van der Waals surface area contributed by atoms with Gasteiger partial charge in [0.05, 0.1) is 11.7 Å². The van der Waals surface area contributed by atoms with Crippen LogP contribution in [-0.4, -0.2) is 40.7 Å². The minimum Gasteiger partial charge on any atom is -0.311 e. The molecular formula is C15H22N4. The zero-order valence-electron chi connectivity index (χ0n) is 11.8. The number of nitrogens with zero attached hydrogens (tertiary/aromatic N) is 3. The van der Waals surface area contributed by atoms with Gasteiger partial charge < -0.3 is 10.2 Å². The van der Waals surface area contributed by atoms with Crippen LogP contribution in [0.4, 0.5) is 0 Å². The molecule has 2 heterocycles. The molecule has 1 aliphatic carbocycles. The van der Waals surface area contributed by atoms with E-state index in [1.807, 2.05) is 23.0 Å². The Morgan fingerprint density at radius 1 is 1.37 bits per heavy atom. The molecule has 1 fully saturated rings. The lowest BCUT2D eigenvalue weighted by Gasteiger charge is -2.47. The Bertz CT molecular complexity index is 554. The van der Waals surface area contributed by atoms with Gasteiger partial charge in [0, 0.05) is 30.4 Å². The summed E-state index contributed by atoms with van der Waals surface area (Å²) < 4.78 is 1.93. The van der Waals surface area contributed by atoms with Crippen molar-refractivity contribution < 1.29 is 0 Å². The number of pyridine rings is 1. The van der Waals surface area contributed by atoms with Crippen LogP contribution in [0.15, 0.2) is 30.6 Å². The maximum Gasteiger partial charge on any atom is 0.0706 e. The third-order valence-electron chi connectivity index (χ3n) is 4.51. The Morgan fingerprint density at radius 3 is 2.89 bits per heavy atom. The predicted molar refractivity (Wildman–Crippen MR) is 77.2 cm³/mol. The van der Waals surface area contributed by atoms with E-state index in [1.165, 1.54) is 30.3 Å². The van der Waals surface area contributed by atoms with E-state index >= 15 is 0 Å². The van der Waals surface area contributed by atoms with Gasteiger partial charge in [0.25, 0.3) is 0 Å². The number of aromatic nitrogens is 2. The fourth-order valence-electron chi connectivity index (χ4n) is 2.92. The van der Waals surface area contributed by atoms with Gasteiger partial charge in [-0.3, -0.25) is 0 Å². The van der Waals surface area contributed by atoms with Gasteiger partial charge in [-0.1, -0.05) is 6.07 Å². The van der Waals surface area contributed by atoms with Crippen LogP contribution in [-0.2, 0) is 6.54 Å². The number of likely N-dealkylation sites (N-methyl/N-ethyl adjacent to an activating group) is 1. The van der Waals surface area contributed by atoms with Gasteiger partial charge in [0.1, 0.15) is 0 Å². The van der Waals surface area contributed by atoms with Crippen LogP contribution >= 0.6 is 0 Å². The van der Waals surface area contributed by atoms with Crippen molar-refractivity contribution in [2.45, 2.75) is 31.3 Å². The zero-order chi connectivity index (χ0) is 13.3. The Morgan fingerprint density at radius 2 is 2.21 bits per heavy atom. The van der Waals surface area contributed by atoms with E-state index in [-0.39, 0.29) is 0 Å². The number of hydrogen-bond donors (Lipinski definition) is 1. The summed E-state index contributed by atoms with van der Waals surface area (Å²) in [6.07, 6.45) is 7.93. The summed E-state index contributed by atoms with van der Waals surface area (Å²) in [4.78, 5) is 2.37. The molecule has 19 heavy (non-hydrogen) atoms.